The number of hydrogen-bond donors (Lipinski definition) is 4. The molecule has 0 spiro atoms. The number of ether oxygens (including phenoxy) is 1. The van der Waals surface area contributed by atoms with Gasteiger partial charge >= 0.3 is 5.97 Å². The van der Waals surface area contributed by atoms with Gasteiger partial charge in [0.15, 0.2) is 5.60 Å². The van der Waals surface area contributed by atoms with E-state index in [2.05, 4.69) is 21.9 Å². The first-order valence-corrected chi connectivity index (χ1v) is 12.3. The van der Waals surface area contributed by atoms with E-state index in [1.54, 1.807) is 30.3 Å². The molecular formula is C27H32Cl2N4O4. The van der Waals surface area contributed by atoms with Gasteiger partial charge in [-0.15, -0.1) is 0 Å². The van der Waals surface area contributed by atoms with Crippen LogP contribution in [-0.2, 0) is 11.2 Å². The maximum atomic E-state index is 13.0. The summed E-state index contributed by atoms with van der Waals surface area (Å²) in [4.78, 5) is 31.7. The van der Waals surface area contributed by atoms with Crippen LogP contribution < -0.4 is 15.6 Å². The number of aromatic amines is 1. The van der Waals surface area contributed by atoms with Crippen molar-refractivity contribution in [3.8, 4) is 5.75 Å². The van der Waals surface area contributed by atoms with Crippen molar-refractivity contribution in [2.24, 2.45) is 5.92 Å². The largest absolute Gasteiger partial charge is 0.478 e. The lowest BCUT2D eigenvalue weighted by atomic mass is 10.0. The van der Waals surface area contributed by atoms with Crippen molar-refractivity contribution >= 4 is 40.7 Å². The first kappa shape index (κ1) is 29.9. The Bertz CT molecular complexity index is 1290. The third-order valence-corrected chi connectivity index (χ3v) is 5.54. The van der Waals surface area contributed by atoms with Crippen molar-refractivity contribution < 1.29 is 14.6 Å². The molecule has 0 atom stereocenters. The third kappa shape index (κ3) is 8.91. The van der Waals surface area contributed by atoms with Crippen LogP contribution in [0, 0.1) is 11.3 Å². The Morgan fingerprint density at radius 3 is 2.43 bits per heavy atom. The minimum atomic E-state index is -1.36. The van der Waals surface area contributed by atoms with Gasteiger partial charge in [-0.1, -0.05) is 61.3 Å². The van der Waals surface area contributed by atoms with E-state index >= 15 is 0 Å². The summed E-state index contributed by atoms with van der Waals surface area (Å²) < 4.78 is 5.54. The Hall–Kier alpha value is -3.36. The molecule has 2 aromatic rings. The number of aliphatic carboxylic acids is 1. The van der Waals surface area contributed by atoms with Crippen molar-refractivity contribution in [2.45, 2.75) is 46.6 Å². The Morgan fingerprint density at radius 2 is 1.89 bits per heavy atom. The van der Waals surface area contributed by atoms with E-state index in [0.717, 1.165) is 11.1 Å². The number of H-pyrrole nitrogens is 1. The zero-order valence-corrected chi connectivity index (χ0v) is 23.0. The summed E-state index contributed by atoms with van der Waals surface area (Å²) in [5, 5.41) is 21.6. The van der Waals surface area contributed by atoms with Crippen molar-refractivity contribution in [3.05, 3.63) is 85.9 Å². The molecule has 1 aromatic heterocycles. The fourth-order valence-corrected chi connectivity index (χ4v) is 3.67. The van der Waals surface area contributed by atoms with Crippen LogP contribution in [0.15, 0.2) is 63.4 Å². The Labute approximate surface area is 226 Å². The highest BCUT2D eigenvalue weighted by Crippen LogP contribution is 2.21. The molecule has 37 heavy (non-hydrogen) atoms. The normalized spacial score (nSPS) is 12.4. The molecule has 0 unspecified atom stereocenters. The summed E-state index contributed by atoms with van der Waals surface area (Å²) in [6.45, 7) is 12.4. The van der Waals surface area contributed by atoms with Gasteiger partial charge in [-0.2, -0.15) is 0 Å². The summed E-state index contributed by atoms with van der Waals surface area (Å²) in [6, 6.07) is 6.88. The molecule has 4 N–H and O–H groups in total. The van der Waals surface area contributed by atoms with E-state index in [1.807, 2.05) is 20.8 Å². The molecule has 0 bridgehead atoms. The molecule has 0 saturated carbocycles. The van der Waals surface area contributed by atoms with E-state index in [9.17, 15) is 14.7 Å². The lowest BCUT2D eigenvalue weighted by molar-refractivity contribution is -0.152. The summed E-state index contributed by atoms with van der Waals surface area (Å²) >= 11 is 11.9. The molecule has 0 aliphatic heterocycles. The SMILES string of the molecule is C=C(Cl)/C=C(Cl)\C=C(\C)CNc1nc(Cc2ccc(OC(C)(C)C(=O)O)cc2)[nH]c(=O)c1C(=N)C(C)C. The number of rotatable bonds is 12. The number of halogens is 2. The van der Waals surface area contributed by atoms with Crippen LogP contribution in [0.3, 0.4) is 0 Å². The van der Waals surface area contributed by atoms with Crippen LogP contribution in [0.1, 0.15) is 51.6 Å². The van der Waals surface area contributed by atoms with E-state index in [1.165, 1.54) is 19.9 Å². The fourth-order valence-electron chi connectivity index (χ4n) is 3.18. The van der Waals surface area contributed by atoms with Crippen LogP contribution in [0.25, 0.3) is 0 Å². The first-order valence-electron chi connectivity index (χ1n) is 11.6. The molecule has 0 saturated heterocycles. The predicted molar refractivity (Wildman–Crippen MR) is 149 cm³/mol. The number of benzene rings is 1. The second-order valence-corrected chi connectivity index (χ2v) is 10.3. The fraction of sp³-hybridized carbons (Fsp3) is 0.333. The lowest BCUT2D eigenvalue weighted by Crippen LogP contribution is -2.37. The second kappa shape index (κ2) is 12.7. The van der Waals surface area contributed by atoms with Gasteiger partial charge in [0.05, 0.1) is 5.71 Å². The minimum Gasteiger partial charge on any atom is -0.478 e. The quantitative estimate of drug-likeness (QED) is 0.195. The molecule has 2 rings (SSSR count). The summed E-state index contributed by atoms with van der Waals surface area (Å²) in [7, 11) is 0. The van der Waals surface area contributed by atoms with Gasteiger partial charge in [-0.25, -0.2) is 9.78 Å². The number of carbonyl (C=O) groups is 1. The Balaban J connectivity index is 2.33. The number of nitrogens with zero attached hydrogens (tertiary/aromatic N) is 1. The van der Waals surface area contributed by atoms with E-state index in [4.69, 9.17) is 33.3 Å². The van der Waals surface area contributed by atoms with Crippen molar-refractivity contribution in [1.82, 2.24) is 9.97 Å². The van der Waals surface area contributed by atoms with Gasteiger partial charge in [-0.05, 0) is 56.5 Å². The predicted octanol–water partition coefficient (Wildman–Crippen LogP) is 5.86. The lowest BCUT2D eigenvalue weighted by Gasteiger charge is -2.21. The highest BCUT2D eigenvalue weighted by Gasteiger charge is 2.29. The molecule has 0 fully saturated rings. The molecule has 0 amide bonds. The summed E-state index contributed by atoms with van der Waals surface area (Å²) in [5.74, 6) is -0.132. The summed E-state index contributed by atoms with van der Waals surface area (Å²) in [6.07, 6.45) is 3.55. The maximum Gasteiger partial charge on any atom is 0.347 e. The van der Waals surface area contributed by atoms with Gasteiger partial charge in [0, 0.05) is 23.0 Å². The van der Waals surface area contributed by atoms with Gasteiger partial charge in [0.25, 0.3) is 5.56 Å². The maximum absolute atomic E-state index is 13.0. The van der Waals surface area contributed by atoms with E-state index in [-0.39, 0.29) is 17.2 Å². The van der Waals surface area contributed by atoms with Gasteiger partial charge in [0.1, 0.15) is 23.0 Å². The molecule has 0 aliphatic carbocycles. The number of carboxylic acids is 1. The number of nitrogens with one attached hydrogen (secondary N) is 3. The average molecular weight is 547 g/mol. The molecule has 198 valence electrons. The van der Waals surface area contributed by atoms with Crippen molar-refractivity contribution in [2.75, 3.05) is 11.9 Å². The third-order valence-electron chi connectivity index (χ3n) is 5.21. The smallest absolute Gasteiger partial charge is 0.347 e. The number of carboxylic acid groups (broad SMARTS) is 1. The highest BCUT2D eigenvalue weighted by molar-refractivity contribution is 6.35. The molecule has 10 heteroatoms. The average Bonchev–Trinajstić information content (AvgIpc) is 2.77. The van der Waals surface area contributed by atoms with Crippen LogP contribution in [0.5, 0.6) is 5.75 Å². The monoisotopic (exact) mass is 546 g/mol. The topological polar surface area (TPSA) is 128 Å². The standard InChI is InChI=1S/C27H32Cl2N4O4/c1-15(2)23(30)22-24(31-14-16(3)11-19(29)12-17(4)28)32-21(33-25(22)34)13-18-7-9-20(10-8-18)37-27(5,6)26(35)36/h7-12,15,30H,4,13-14H2,1-3,5-6H3,(H,35,36)(H2,31,32,33,34)/b16-11-,19-12+,30-23?. The first-order chi connectivity index (χ1) is 17.2. The zero-order chi connectivity index (χ0) is 27.9. The van der Waals surface area contributed by atoms with Crippen LogP contribution in [0.4, 0.5) is 5.82 Å². The van der Waals surface area contributed by atoms with Crippen molar-refractivity contribution in [1.29, 1.82) is 5.41 Å². The van der Waals surface area contributed by atoms with Gasteiger partial charge in [-0.3, -0.25) is 4.79 Å². The molecule has 1 heterocycles. The second-order valence-electron chi connectivity index (χ2n) is 9.36. The van der Waals surface area contributed by atoms with Crippen LogP contribution in [-0.4, -0.2) is 38.9 Å². The molecular weight excluding hydrogens is 515 g/mol. The Kier molecular flexibility index (Phi) is 10.3. The Morgan fingerprint density at radius 1 is 1.27 bits per heavy atom. The number of hydrogen-bond acceptors (Lipinski definition) is 6. The van der Waals surface area contributed by atoms with Gasteiger partial charge < -0.3 is 25.6 Å². The molecule has 1 aromatic carbocycles. The minimum absolute atomic E-state index is 0.170. The van der Waals surface area contributed by atoms with Gasteiger partial charge in [0.2, 0.25) is 0 Å². The molecule has 0 radical (unpaired) electrons. The van der Waals surface area contributed by atoms with Crippen molar-refractivity contribution in [3.63, 3.8) is 0 Å². The number of anilines is 1. The molecule has 8 nitrogen and oxygen atoms in total. The summed E-state index contributed by atoms with van der Waals surface area (Å²) in [5.41, 5.74) is 0.258. The van der Waals surface area contributed by atoms with E-state index in [0.29, 0.717) is 40.4 Å². The van der Waals surface area contributed by atoms with E-state index < -0.39 is 17.1 Å². The highest BCUT2D eigenvalue weighted by atomic mass is 35.5. The number of allylic oxidation sites excluding steroid dienone is 4. The van der Waals surface area contributed by atoms with Crippen LogP contribution >= 0.6 is 23.2 Å². The number of aromatic nitrogens is 2. The van der Waals surface area contributed by atoms with Crippen LogP contribution in [0.2, 0.25) is 0 Å². The molecule has 0 aliphatic rings. The zero-order valence-electron chi connectivity index (χ0n) is 21.5.